The van der Waals surface area contributed by atoms with Crippen molar-refractivity contribution in [3.05, 3.63) is 70.3 Å². The molecule has 0 saturated carbocycles. The number of amides is 1. The second-order valence-electron chi connectivity index (χ2n) is 5.58. The maximum Gasteiger partial charge on any atom is 0.251 e. The molecule has 0 radical (unpaired) electrons. The summed E-state index contributed by atoms with van der Waals surface area (Å²) in [5.41, 5.74) is 5.70. The van der Waals surface area contributed by atoms with Crippen molar-refractivity contribution in [1.82, 2.24) is 5.32 Å². The number of nitrogens with one attached hydrogen (secondary N) is 1. The Kier molecular flexibility index (Phi) is 4.11. The molecule has 1 aliphatic rings. The minimum absolute atomic E-state index is 0.0492. The smallest absolute Gasteiger partial charge is 0.251 e. The average molecular weight is 344 g/mol. The molecule has 21 heavy (non-hydrogen) atoms. The third kappa shape index (κ3) is 3.18. The fourth-order valence-electron chi connectivity index (χ4n) is 2.67. The first kappa shape index (κ1) is 14.3. The Labute approximate surface area is 133 Å². The number of rotatable bonds is 3. The highest BCUT2D eigenvalue weighted by molar-refractivity contribution is 9.09. The van der Waals surface area contributed by atoms with Gasteiger partial charge in [0.25, 0.3) is 5.91 Å². The Hall–Kier alpha value is -1.61. The van der Waals surface area contributed by atoms with Crippen molar-refractivity contribution >= 4 is 21.8 Å². The number of benzene rings is 2. The Balaban J connectivity index is 1.81. The highest BCUT2D eigenvalue weighted by atomic mass is 79.9. The minimum Gasteiger partial charge on any atom is -0.352 e. The van der Waals surface area contributed by atoms with Gasteiger partial charge in [-0.15, -0.1) is 0 Å². The molecular formula is C18H18BrNO. The van der Waals surface area contributed by atoms with Gasteiger partial charge in [-0.2, -0.15) is 0 Å². The van der Waals surface area contributed by atoms with Gasteiger partial charge in [0.2, 0.25) is 0 Å². The predicted molar refractivity (Wildman–Crippen MR) is 89.0 cm³/mol. The second kappa shape index (κ2) is 6.02. The van der Waals surface area contributed by atoms with Crippen molar-refractivity contribution in [2.75, 3.05) is 6.54 Å². The van der Waals surface area contributed by atoms with Crippen LogP contribution in [0.3, 0.4) is 0 Å². The number of alkyl halides is 1. The van der Waals surface area contributed by atoms with Crippen molar-refractivity contribution in [2.24, 2.45) is 0 Å². The highest BCUT2D eigenvalue weighted by Gasteiger charge is 2.18. The van der Waals surface area contributed by atoms with Gasteiger partial charge >= 0.3 is 0 Å². The minimum atomic E-state index is 0.0492. The summed E-state index contributed by atoms with van der Waals surface area (Å²) >= 11 is 3.76. The highest BCUT2D eigenvalue weighted by Crippen LogP contribution is 2.29. The van der Waals surface area contributed by atoms with Crippen molar-refractivity contribution < 1.29 is 4.79 Å². The third-order valence-corrected chi connectivity index (χ3v) is 4.81. The van der Waals surface area contributed by atoms with E-state index in [0.29, 0.717) is 0 Å². The maximum absolute atomic E-state index is 11.9. The summed E-state index contributed by atoms with van der Waals surface area (Å²) in [6.07, 6.45) is 1.84. The predicted octanol–water partition coefficient (Wildman–Crippen LogP) is 3.96. The molecule has 0 aliphatic carbocycles. The topological polar surface area (TPSA) is 29.1 Å². The largest absolute Gasteiger partial charge is 0.352 e. The summed E-state index contributed by atoms with van der Waals surface area (Å²) in [7, 11) is 0. The van der Waals surface area contributed by atoms with E-state index >= 15 is 0 Å². The van der Waals surface area contributed by atoms with Gasteiger partial charge in [0.1, 0.15) is 0 Å². The quantitative estimate of drug-likeness (QED) is 0.839. The lowest BCUT2D eigenvalue weighted by atomic mass is 9.95. The van der Waals surface area contributed by atoms with Crippen LogP contribution in [-0.2, 0) is 12.8 Å². The molecule has 2 aromatic carbocycles. The molecule has 1 heterocycles. The van der Waals surface area contributed by atoms with Crippen LogP contribution in [0.1, 0.15) is 37.4 Å². The average Bonchev–Trinajstić information content (AvgIpc) is 2.50. The van der Waals surface area contributed by atoms with Crippen LogP contribution in [0.5, 0.6) is 0 Å². The Morgan fingerprint density at radius 3 is 2.71 bits per heavy atom. The molecule has 1 aliphatic heterocycles. The number of carbonyl (C=O) groups is 1. The zero-order chi connectivity index (χ0) is 14.8. The molecule has 3 rings (SSSR count). The molecular weight excluding hydrogens is 326 g/mol. The lowest BCUT2D eigenvalue weighted by Gasteiger charge is -2.19. The first-order valence-electron chi connectivity index (χ1n) is 7.24. The Bertz CT molecular complexity index is 663. The number of hydrogen-bond donors (Lipinski definition) is 1. The molecule has 0 fully saturated rings. The van der Waals surface area contributed by atoms with E-state index in [2.05, 4.69) is 64.6 Å². The Morgan fingerprint density at radius 2 is 1.95 bits per heavy atom. The van der Waals surface area contributed by atoms with Crippen molar-refractivity contribution in [1.29, 1.82) is 0 Å². The normalized spacial score (nSPS) is 15.2. The fourth-order valence-corrected chi connectivity index (χ4v) is 3.33. The van der Waals surface area contributed by atoms with E-state index in [0.717, 1.165) is 36.1 Å². The molecule has 3 heteroatoms. The van der Waals surface area contributed by atoms with E-state index in [1.807, 2.05) is 6.07 Å². The van der Waals surface area contributed by atoms with E-state index in [9.17, 15) is 4.79 Å². The molecule has 0 bridgehead atoms. The van der Waals surface area contributed by atoms with Gasteiger partial charge < -0.3 is 5.32 Å². The maximum atomic E-state index is 11.9. The standard InChI is InChI=1S/C18H18BrNO/c1-12-2-4-13(5-3-12)10-17(19)15-7-6-14-8-9-20-18(21)16(14)11-15/h2-7,11,17H,8-10H2,1H3,(H,20,21). The molecule has 0 aromatic heterocycles. The summed E-state index contributed by atoms with van der Waals surface area (Å²) in [5, 5.41) is 2.91. The molecule has 2 nitrogen and oxygen atoms in total. The van der Waals surface area contributed by atoms with Crippen LogP contribution in [-0.4, -0.2) is 12.5 Å². The molecule has 1 N–H and O–H groups in total. The molecule has 1 amide bonds. The van der Waals surface area contributed by atoms with Crippen molar-refractivity contribution in [3.8, 4) is 0 Å². The summed E-state index contributed by atoms with van der Waals surface area (Å²) in [6, 6.07) is 14.8. The van der Waals surface area contributed by atoms with Crippen LogP contribution in [0.15, 0.2) is 42.5 Å². The van der Waals surface area contributed by atoms with Gasteiger partial charge in [-0.05, 0) is 42.5 Å². The number of halogens is 1. The summed E-state index contributed by atoms with van der Waals surface area (Å²) in [5.74, 6) is 0.0492. The zero-order valence-electron chi connectivity index (χ0n) is 12.0. The van der Waals surface area contributed by atoms with Crippen LogP contribution in [0.25, 0.3) is 0 Å². The first-order chi connectivity index (χ1) is 10.1. The monoisotopic (exact) mass is 343 g/mol. The van der Waals surface area contributed by atoms with Gasteiger partial charge in [-0.25, -0.2) is 0 Å². The van der Waals surface area contributed by atoms with Crippen LogP contribution in [0.2, 0.25) is 0 Å². The molecule has 2 aromatic rings. The van der Waals surface area contributed by atoms with Crippen molar-refractivity contribution in [2.45, 2.75) is 24.6 Å². The zero-order valence-corrected chi connectivity index (χ0v) is 13.6. The van der Waals surface area contributed by atoms with Gasteiger partial charge in [0.15, 0.2) is 0 Å². The van der Waals surface area contributed by atoms with Gasteiger partial charge in [0, 0.05) is 16.9 Å². The van der Waals surface area contributed by atoms with E-state index in [1.165, 1.54) is 11.1 Å². The van der Waals surface area contributed by atoms with E-state index < -0.39 is 0 Å². The lowest BCUT2D eigenvalue weighted by molar-refractivity contribution is 0.0946. The summed E-state index contributed by atoms with van der Waals surface area (Å²) in [6.45, 7) is 2.84. The molecule has 1 atom stereocenters. The summed E-state index contributed by atoms with van der Waals surface area (Å²) < 4.78 is 0. The number of hydrogen-bond acceptors (Lipinski definition) is 1. The summed E-state index contributed by atoms with van der Waals surface area (Å²) in [4.78, 5) is 12.2. The van der Waals surface area contributed by atoms with Crippen LogP contribution in [0.4, 0.5) is 0 Å². The first-order valence-corrected chi connectivity index (χ1v) is 8.16. The third-order valence-electron chi connectivity index (χ3n) is 3.96. The Morgan fingerprint density at radius 1 is 1.19 bits per heavy atom. The van der Waals surface area contributed by atoms with Gasteiger partial charge in [-0.1, -0.05) is 57.9 Å². The molecule has 1 unspecified atom stereocenters. The van der Waals surface area contributed by atoms with E-state index in [1.54, 1.807) is 0 Å². The fraction of sp³-hybridized carbons (Fsp3) is 0.278. The molecule has 108 valence electrons. The van der Waals surface area contributed by atoms with E-state index in [4.69, 9.17) is 0 Å². The second-order valence-corrected chi connectivity index (χ2v) is 6.69. The van der Waals surface area contributed by atoms with E-state index in [-0.39, 0.29) is 10.7 Å². The lowest BCUT2D eigenvalue weighted by Crippen LogP contribution is -2.31. The van der Waals surface area contributed by atoms with Crippen LogP contribution < -0.4 is 5.32 Å². The van der Waals surface area contributed by atoms with Crippen LogP contribution in [0, 0.1) is 6.92 Å². The number of fused-ring (bicyclic) bond motifs is 1. The molecule has 0 spiro atoms. The SMILES string of the molecule is Cc1ccc(CC(Br)c2ccc3c(c2)C(=O)NCC3)cc1. The van der Waals surface area contributed by atoms with Gasteiger partial charge in [-0.3, -0.25) is 4.79 Å². The van der Waals surface area contributed by atoms with Crippen LogP contribution >= 0.6 is 15.9 Å². The number of carbonyl (C=O) groups excluding carboxylic acids is 1. The van der Waals surface area contributed by atoms with Crippen molar-refractivity contribution in [3.63, 3.8) is 0 Å². The molecule has 0 saturated heterocycles. The van der Waals surface area contributed by atoms with Gasteiger partial charge in [0.05, 0.1) is 0 Å². The number of aryl methyl sites for hydroxylation is 1.